The number of halogens is 3. The van der Waals surface area contributed by atoms with Gasteiger partial charge in [0.25, 0.3) is 5.91 Å². The first-order valence-electron chi connectivity index (χ1n) is 11.6. The minimum absolute atomic E-state index is 0.0348. The number of nitrogens with zero attached hydrogens (tertiary/aromatic N) is 3. The lowest BCUT2D eigenvalue weighted by Crippen LogP contribution is -2.35. The van der Waals surface area contributed by atoms with Gasteiger partial charge in [0.1, 0.15) is 5.69 Å². The molecule has 1 N–H and O–H groups in total. The van der Waals surface area contributed by atoms with Crippen LogP contribution in [0.2, 0.25) is 0 Å². The first kappa shape index (κ1) is 25.7. The van der Waals surface area contributed by atoms with Crippen molar-refractivity contribution in [3.63, 3.8) is 0 Å². The van der Waals surface area contributed by atoms with Gasteiger partial charge in [-0.3, -0.25) is 9.59 Å². The van der Waals surface area contributed by atoms with Crippen LogP contribution in [0.15, 0.2) is 65.8 Å². The van der Waals surface area contributed by atoms with E-state index in [-0.39, 0.29) is 16.8 Å². The molecule has 4 rings (SSSR count). The number of benzene rings is 2. The number of carbonyl (C=O) groups excluding carboxylic acids is 2. The number of anilines is 1. The topological polar surface area (TPSA) is 75.2 Å². The summed E-state index contributed by atoms with van der Waals surface area (Å²) in [6, 6.07) is 16.0. The monoisotopic (exact) mass is 514 g/mol. The van der Waals surface area contributed by atoms with Crippen molar-refractivity contribution in [3.8, 4) is 11.3 Å². The van der Waals surface area contributed by atoms with E-state index in [2.05, 4.69) is 15.3 Å². The largest absolute Gasteiger partial charge is 0.433 e. The Hall–Kier alpha value is -3.40. The number of nitrogens with one attached hydrogen (secondary N) is 1. The standard InChI is InChI=1S/C26H25F3N4O2S/c1-17(23(34)30-20-12-10-19(11-13-20)24(35)33-14-6-3-7-15-33)36-25-31-21(18-8-4-2-5-9-18)16-22(32-25)26(27,28)29/h2,4-5,8-13,16-17H,3,6-7,14-15H2,1H3,(H,30,34)/t17-/m1/s1. The highest BCUT2D eigenvalue weighted by atomic mass is 32.2. The lowest BCUT2D eigenvalue weighted by Gasteiger charge is -2.26. The fourth-order valence-corrected chi connectivity index (χ4v) is 4.60. The molecule has 2 amide bonds. The highest BCUT2D eigenvalue weighted by Gasteiger charge is 2.34. The number of hydrogen-bond acceptors (Lipinski definition) is 5. The predicted molar refractivity (Wildman–Crippen MR) is 133 cm³/mol. The van der Waals surface area contributed by atoms with Crippen LogP contribution in [0.1, 0.15) is 42.2 Å². The molecule has 0 saturated carbocycles. The number of alkyl halides is 3. The number of aromatic nitrogens is 2. The molecule has 3 aromatic rings. The van der Waals surface area contributed by atoms with Gasteiger partial charge in [-0.05, 0) is 56.5 Å². The van der Waals surface area contributed by atoms with Crippen molar-refractivity contribution in [2.24, 2.45) is 0 Å². The Kier molecular flexibility index (Phi) is 7.93. The summed E-state index contributed by atoms with van der Waals surface area (Å²) in [4.78, 5) is 35.1. The second-order valence-corrected chi connectivity index (χ2v) is 9.77. The van der Waals surface area contributed by atoms with Crippen LogP contribution in [-0.2, 0) is 11.0 Å². The van der Waals surface area contributed by atoms with Gasteiger partial charge in [0, 0.05) is 29.9 Å². The lowest BCUT2D eigenvalue weighted by atomic mass is 10.1. The van der Waals surface area contributed by atoms with E-state index in [0.29, 0.717) is 16.8 Å². The first-order valence-corrected chi connectivity index (χ1v) is 12.5. The highest BCUT2D eigenvalue weighted by molar-refractivity contribution is 8.00. The minimum atomic E-state index is -4.65. The van der Waals surface area contributed by atoms with Gasteiger partial charge in [-0.15, -0.1) is 0 Å². The van der Waals surface area contributed by atoms with Gasteiger partial charge in [0.05, 0.1) is 10.9 Å². The number of thioether (sulfide) groups is 1. The maximum absolute atomic E-state index is 13.4. The molecule has 2 heterocycles. The Labute approximate surface area is 211 Å². The molecule has 0 unspecified atom stereocenters. The van der Waals surface area contributed by atoms with E-state index >= 15 is 0 Å². The van der Waals surface area contributed by atoms with Gasteiger partial charge in [-0.2, -0.15) is 13.2 Å². The van der Waals surface area contributed by atoms with Crippen molar-refractivity contribution in [2.45, 2.75) is 42.8 Å². The summed E-state index contributed by atoms with van der Waals surface area (Å²) in [5.41, 5.74) is 0.603. The SMILES string of the molecule is C[C@@H](Sc1nc(-c2ccccc2)cc(C(F)(F)F)n1)C(=O)Nc1ccc(C(=O)N2CCCCC2)cc1. The average Bonchev–Trinajstić information content (AvgIpc) is 2.89. The van der Waals surface area contributed by atoms with Crippen molar-refractivity contribution >= 4 is 29.3 Å². The fourth-order valence-electron chi connectivity index (χ4n) is 3.81. The molecule has 0 aliphatic carbocycles. The first-order chi connectivity index (χ1) is 17.2. The van der Waals surface area contributed by atoms with Crippen molar-refractivity contribution < 1.29 is 22.8 Å². The molecular weight excluding hydrogens is 489 g/mol. The summed E-state index contributed by atoms with van der Waals surface area (Å²) in [5.74, 6) is -0.454. The maximum Gasteiger partial charge on any atom is 0.433 e. The van der Waals surface area contributed by atoms with Gasteiger partial charge in [-0.1, -0.05) is 42.1 Å². The quantitative estimate of drug-likeness (QED) is 0.327. The Morgan fingerprint density at radius 1 is 0.972 bits per heavy atom. The van der Waals surface area contributed by atoms with E-state index < -0.39 is 23.0 Å². The van der Waals surface area contributed by atoms with Crippen molar-refractivity contribution in [2.75, 3.05) is 18.4 Å². The zero-order valence-corrected chi connectivity index (χ0v) is 20.4. The van der Waals surface area contributed by atoms with Gasteiger partial charge < -0.3 is 10.2 Å². The zero-order chi connectivity index (χ0) is 25.7. The molecule has 2 aromatic carbocycles. The molecule has 1 atom stereocenters. The molecule has 0 spiro atoms. The van der Waals surface area contributed by atoms with Crippen LogP contribution >= 0.6 is 11.8 Å². The van der Waals surface area contributed by atoms with Crippen molar-refractivity contribution in [3.05, 3.63) is 71.9 Å². The van der Waals surface area contributed by atoms with Crippen LogP contribution in [0, 0.1) is 0 Å². The van der Waals surface area contributed by atoms with Crippen LogP contribution in [0.4, 0.5) is 18.9 Å². The van der Waals surface area contributed by atoms with Crippen LogP contribution in [0.3, 0.4) is 0 Å². The van der Waals surface area contributed by atoms with Gasteiger partial charge in [0.15, 0.2) is 5.16 Å². The highest BCUT2D eigenvalue weighted by Crippen LogP contribution is 2.33. The van der Waals surface area contributed by atoms with E-state index in [1.807, 2.05) is 4.90 Å². The smallest absolute Gasteiger partial charge is 0.339 e. The molecule has 0 radical (unpaired) electrons. The van der Waals surface area contributed by atoms with Crippen LogP contribution < -0.4 is 5.32 Å². The molecule has 36 heavy (non-hydrogen) atoms. The molecule has 0 bridgehead atoms. The third-order valence-corrected chi connectivity index (χ3v) is 6.72. The molecule has 1 aliphatic rings. The fraction of sp³-hybridized carbons (Fsp3) is 0.308. The van der Waals surface area contributed by atoms with Gasteiger partial charge in [0.2, 0.25) is 5.91 Å². The number of amides is 2. The zero-order valence-electron chi connectivity index (χ0n) is 19.6. The molecule has 1 fully saturated rings. The second kappa shape index (κ2) is 11.1. The van der Waals surface area contributed by atoms with Crippen molar-refractivity contribution in [1.29, 1.82) is 0 Å². The summed E-state index contributed by atoms with van der Waals surface area (Å²) < 4.78 is 40.3. The molecule has 188 valence electrons. The summed E-state index contributed by atoms with van der Waals surface area (Å²) in [7, 11) is 0. The van der Waals surface area contributed by atoms with E-state index in [1.54, 1.807) is 61.5 Å². The predicted octanol–water partition coefficient (Wildman–Crippen LogP) is 5.91. The van der Waals surface area contributed by atoms with Gasteiger partial charge >= 0.3 is 6.18 Å². The van der Waals surface area contributed by atoms with Gasteiger partial charge in [-0.25, -0.2) is 9.97 Å². The van der Waals surface area contributed by atoms with Crippen LogP contribution in [0.5, 0.6) is 0 Å². The summed E-state index contributed by atoms with van der Waals surface area (Å²) >= 11 is 0.842. The number of piperidine rings is 1. The van der Waals surface area contributed by atoms with E-state index in [4.69, 9.17) is 0 Å². The van der Waals surface area contributed by atoms with E-state index in [9.17, 15) is 22.8 Å². The second-order valence-electron chi connectivity index (χ2n) is 8.46. The normalized spacial score (nSPS) is 14.8. The Balaban J connectivity index is 1.44. The minimum Gasteiger partial charge on any atom is -0.339 e. The molecule has 10 heteroatoms. The molecule has 1 saturated heterocycles. The van der Waals surface area contributed by atoms with E-state index in [0.717, 1.165) is 50.2 Å². The number of hydrogen-bond donors (Lipinski definition) is 1. The van der Waals surface area contributed by atoms with E-state index in [1.165, 1.54) is 0 Å². The Morgan fingerprint density at radius 3 is 2.28 bits per heavy atom. The third kappa shape index (κ3) is 6.42. The summed E-state index contributed by atoms with van der Waals surface area (Å²) in [5, 5.41) is 1.82. The third-order valence-electron chi connectivity index (χ3n) is 5.76. The average molecular weight is 515 g/mol. The molecule has 1 aromatic heterocycles. The molecule has 1 aliphatic heterocycles. The maximum atomic E-state index is 13.4. The molecule has 6 nitrogen and oxygen atoms in total. The summed E-state index contributed by atoms with van der Waals surface area (Å²) in [6.07, 6.45) is -1.53. The Morgan fingerprint density at radius 2 is 1.64 bits per heavy atom. The summed E-state index contributed by atoms with van der Waals surface area (Å²) in [6.45, 7) is 3.06. The van der Waals surface area contributed by atoms with Crippen molar-refractivity contribution in [1.82, 2.24) is 14.9 Å². The number of likely N-dealkylation sites (tertiary alicyclic amines) is 1. The van der Waals surface area contributed by atoms with Crippen LogP contribution in [-0.4, -0.2) is 45.0 Å². The molecular formula is C26H25F3N4O2S. The Bertz CT molecular complexity index is 1210. The number of rotatable bonds is 6. The number of carbonyl (C=O) groups is 2. The van der Waals surface area contributed by atoms with Crippen LogP contribution in [0.25, 0.3) is 11.3 Å². The lowest BCUT2D eigenvalue weighted by molar-refractivity contribution is -0.141.